The van der Waals surface area contributed by atoms with Crippen LogP contribution in [0, 0.1) is 0 Å². The number of amides is 1. The van der Waals surface area contributed by atoms with E-state index in [1.165, 1.54) is 0 Å². The fraction of sp³-hybridized carbons (Fsp3) is 0.368. The number of fused-ring (bicyclic) bond motifs is 1. The van der Waals surface area contributed by atoms with Crippen molar-refractivity contribution in [2.75, 3.05) is 0 Å². The molecule has 0 radical (unpaired) electrons. The molecule has 5 nitrogen and oxygen atoms in total. The minimum Gasteiger partial charge on any atom is -0.478 e. The van der Waals surface area contributed by atoms with Gasteiger partial charge < -0.3 is 14.5 Å². The van der Waals surface area contributed by atoms with E-state index in [9.17, 15) is 9.59 Å². The molecule has 0 saturated carbocycles. The highest BCUT2D eigenvalue weighted by Gasteiger charge is 2.30. The van der Waals surface area contributed by atoms with Gasteiger partial charge in [-0.25, -0.2) is 0 Å². The lowest BCUT2D eigenvalue weighted by atomic mass is 9.90. The second-order valence-corrected chi connectivity index (χ2v) is 6.47. The van der Waals surface area contributed by atoms with Gasteiger partial charge in [0.15, 0.2) is 11.4 Å². The van der Waals surface area contributed by atoms with E-state index in [4.69, 9.17) is 9.15 Å². The second kappa shape index (κ2) is 6.51. The molecular formula is C19H21NO4. The molecule has 0 aliphatic heterocycles. The molecule has 3 rings (SSSR count). The fourth-order valence-corrected chi connectivity index (χ4v) is 2.82. The smallest absolute Gasteiger partial charge is 0.263 e. The first-order valence-electron chi connectivity index (χ1n) is 8.11. The molecule has 0 unspecified atom stereocenters. The van der Waals surface area contributed by atoms with E-state index < -0.39 is 5.60 Å². The lowest BCUT2D eigenvalue weighted by Gasteiger charge is -2.26. The van der Waals surface area contributed by atoms with Crippen LogP contribution in [0.2, 0.25) is 0 Å². The number of nitrogens with one attached hydrogen (secondary N) is 1. The Bertz CT molecular complexity index is 747. The molecule has 0 spiro atoms. The Morgan fingerprint density at radius 2 is 2.12 bits per heavy atom. The molecule has 126 valence electrons. The molecule has 1 aliphatic carbocycles. The summed E-state index contributed by atoms with van der Waals surface area (Å²) >= 11 is 0. The normalized spacial score (nSPS) is 14.2. The van der Waals surface area contributed by atoms with Gasteiger partial charge in [0.2, 0.25) is 0 Å². The number of Topliss-reactive ketones (excluding diaryl/α,β-unsaturated/α-hetero) is 1. The van der Waals surface area contributed by atoms with Crippen molar-refractivity contribution < 1.29 is 18.7 Å². The summed E-state index contributed by atoms with van der Waals surface area (Å²) in [6.07, 6.45) is 3.90. The zero-order valence-corrected chi connectivity index (χ0v) is 13.9. The van der Waals surface area contributed by atoms with E-state index in [1.807, 2.05) is 6.07 Å². The number of ketones is 1. The lowest BCUT2D eigenvalue weighted by molar-refractivity contribution is -0.134. The van der Waals surface area contributed by atoms with Crippen molar-refractivity contribution in [2.45, 2.75) is 45.3 Å². The minimum absolute atomic E-state index is 0.179. The van der Waals surface area contributed by atoms with Crippen molar-refractivity contribution in [1.29, 1.82) is 0 Å². The molecule has 1 aliphatic rings. The van der Waals surface area contributed by atoms with Crippen LogP contribution in [0.25, 0.3) is 0 Å². The Kier molecular flexibility index (Phi) is 4.42. The number of hydrogen-bond donors (Lipinski definition) is 1. The van der Waals surface area contributed by atoms with Crippen LogP contribution in [-0.2, 0) is 17.8 Å². The molecule has 0 fully saturated rings. The lowest BCUT2D eigenvalue weighted by Crippen LogP contribution is -2.46. The molecular weight excluding hydrogens is 306 g/mol. The quantitative estimate of drug-likeness (QED) is 0.915. The monoisotopic (exact) mass is 327 g/mol. The summed E-state index contributed by atoms with van der Waals surface area (Å²) < 4.78 is 11.1. The topological polar surface area (TPSA) is 68.5 Å². The van der Waals surface area contributed by atoms with Crippen LogP contribution in [-0.4, -0.2) is 17.3 Å². The molecule has 2 aromatic rings. The summed E-state index contributed by atoms with van der Waals surface area (Å²) in [7, 11) is 0. The van der Waals surface area contributed by atoms with Crippen LogP contribution in [0.1, 0.15) is 48.4 Å². The maximum atomic E-state index is 12.4. The molecule has 1 N–H and O–H groups in total. The summed E-state index contributed by atoms with van der Waals surface area (Å²) in [6.45, 7) is 3.75. The third kappa shape index (κ3) is 3.50. The predicted molar refractivity (Wildman–Crippen MR) is 89.0 cm³/mol. The fourth-order valence-electron chi connectivity index (χ4n) is 2.82. The highest BCUT2D eigenvalue weighted by atomic mass is 16.5. The minimum atomic E-state index is -1.03. The zero-order valence-electron chi connectivity index (χ0n) is 13.9. The van der Waals surface area contributed by atoms with Gasteiger partial charge in [0.05, 0.1) is 12.8 Å². The van der Waals surface area contributed by atoms with Gasteiger partial charge in [-0.2, -0.15) is 0 Å². The van der Waals surface area contributed by atoms with Gasteiger partial charge in [-0.3, -0.25) is 9.59 Å². The van der Waals surface area contributed by atoms with Crippen LogP contribution in [0.4, 0.5) is 0 Å². The van der Waals surface area contributed by atoms with Gasteiger partial charge in [0.1, 0.15) is 11.5 Å². The number of carbonyl (C=O) groups excluding carboxylic acids is 2. The van der Waals surface area contributed by atoms with Crippen LogP contribution in [0.15, 0.2) is 41.0 Å². The highest BCUT2D eigenvalue weighted by Crippen LogP contribution is 2.27. The van der Waals surface area contributed by atoms with Gasteiger partial charge in [-0.05, 0) is 62.6 Å². The summed E-state index contributed by atoms with van der Waals surface area (Å²) in [5.74, 6) is 1.24. The largest absolute Gasteiger partial charge is 0.478 e. The first kappa shape index (κ1) is 16.3. The van der Waals surface area contributed by atoms with Gasteiger partial charge in [-0.1, -0.05) is 0 Å². The Balaban J connectivity index is 1.67. The average molecular weight is 327 g/mol. The van der Waals surface area contributed by atoms with Crippen molar-refractivity contribution in [1.82, 2.24) is 5.32 Å². The number of carbonyl (C=O) groups is 2. The van der Waals surface area contributed by atoms with Gasteiger partial charge >= 0.3 is 0 Å². The Labute approximate surface area is 141 Å². The molecule has 1 aromatic carbocycles. The number of furan rings is 1. The molecule has 24 heavy (non-hydrogen) atoms. The number of aryl methyl sites for hydroxylation is 1. The Morgan fingerprint density at radius 1 is 1.29 bits per heavy atom. The number of hydrogen-bond acceptors (Lipinski definition) is 4. The standard InChI is InChI=1S/C19H21NO4/c1-19(2,18(22)20-12-15-6-4-10-23-15)24-14-8-9-16-13(11-14)5-3-7-17(16)21/h4,6,8-11H,3,5,7,12H2,1-2H3,(H,20,22). The summed E-state index contributed by atoms with van der Waals surface area (Å²) in [5.41, 5.74) is 0.740. The molecule has 0 atom stereocenters. The number of rotatable bonds is 5. The van der Waals surface area contributed by atoms with E-state index in [2.05, 4.69) is 5.32 Å². The third-order valence-corrected chi connectivity index (χ3v) is 4.15. The van der Waals surface area contributed by atoms with E-state index in [-0.39, 0.29) is 11.7 Å². The van der Waals surface area contributed by atoms with Gasteiger partial charge in [0, 0.05) is 12.0 Å². The first-order chi connectivity index (χ1) is 11.5. The molecule has 0 saturated heterocycles. The van der Waals surface area contributed by atoms with Crippen LogP contribution in [0.3, 0.4) is 0 Å². The molecule has 5 heteroatoms. The number of ether oxygens (including phenoxy) is 1. The second-order valence-electron chi connectivity index (χ2n) is 6.47. The van der Waals surface area contributed by atoms with E-state index >= 15 is 0 Å². The van der Waals surface area contributed by atoms with Crippen LogP contribution >= 0.6 is 0 Å². The molecule has 1 heterocycles. The maximum Gasteiger partial charge on any atom is 0.263 e. The van der Waals surface area contributed by atoms with E-state index in [1.54, 1.807) is 44.4 Å². The van der Waals surface area contributed by atoms with Crippen molar-refractivity contribution in [3.05, 3.63) is 53.5 Å². The first-order valence-corrected chi connectivity index (χ1v) is 8.11. The predicted octanol–water partition coefficient (Wildman–Crippen LogP) is 3.27. The van der Waals surface area contributed by atoms with E-state index in [0.717, 1.165) is 24.0 Å². The van der Waals surface area contributed by atoms with Crippen molar-refractivity contribution in [3.8, 4) is 5.75 Å². The van der Waals surface area contributed by atoms with Crippen molar-refractivity contribution >= 4 is 11.7 Å². The average Bonchev–Trinajstić information content (AvgIpc) is 3.05. The van der Waals surface area contributed by atoms with Crippen molar-refractivity contribution in [3.63, 3.8) is 0 Å². The van der Waals surface area contributed by atoms with Crippen molar-refractivity contribution in [2.24, 2.45) is 0 Å². The van der Waals surface area contributed by atoms with E-state index in [0.29, 0.717) is 24.5 Å². The van der Waals surface area contributed by atoms with Crippen LogP contribution < -0.4 is 10.1 Å². The third-order valence-electron chi connectivity index (χ3n) is 4.15. The Hall–Kier alpha value is -2.56. The van der Waals surface area contributed by atoms with Crippen LogP contribution in [0.5, 0.6) is 5.75 Å². The van der Waals surface area contributed by atoms with Gasteiger partial charge in [-0.15, -0.1) is 0 Å². The highest BCUT2D eigenvalue weighted by molar-refractivity contribution is 5.98. The molecule has 1 amide bonds. The summed E-state index contributed by atoms with van der Waals surface area (Å²) in [5, 5.41) is 2.80. The summed E-state index contributed by atoms with van der Waals surface area (Å²) in [6, 6.07) is 8.99. The molecule has 0 bridgehead atoms. The zero-order chi connectivity index (χ0) is 17.2. The molecule has 1 aromatic heterocycles. The summed E-state index contributed by atoms with van der Waals surface area (Å²) in [4.78, 5) is 24.2. The Morgan fingerprint density at radius 3 is 2.88 bits per heavy atom. The maximum absolute atomic E-state index is 12.4. The SMILES string of the molecule is CC(C)(Oc1ccc2c(c1)CCCC2=O)C(=O)NCc1ccco1. The number of benzene rings is 1. The van der Waals surface area contributed by atoms with Gasteiger partial charge in [0.25, 0.3) is 5.91 Å².